The summed E-state index contributed by atoms with van der Waals surface area (Å²) < 4.78 is 6.72. The first-order chi connectivity index (χ1) is 11.6. The highest BCUT2D eigenvalue weighted by atomic mass is 35.5. The molecule has 0 saturated heterocycles. The molecule has 4 nitrogen and oxygen atoms in total. The standard InChI is InChI=1S/C17H10ClNO3S2/c18-15-4-3-12(24-15)9-1-2-13-10(5-9)6-14(23-13)16(17(20)21)11-7-22-8-19-11/h1-8,16H,(H,20,21). The van der Waals surface area contributed by atoms with Gasteiger partial charge in [0.1, 0.15) is 12.2 Å². The monoisotopic (exact) mass is 375 g/mol. The summed E-state index contributed by atoms with van der Waals surface area (Å²) in [5.41, 5.74) is 1.47. The fourth-order valence-corrected chi connectivity index (χ4v) is 4.78. The van der Waals surface area contributed by atoms with Gasteiger partial charge < -0.3 is 9.52 Å². The van der Waals surface area contributed by atoms with Crippen LogP contribution in [0.15, 0.2) is 53.5 Å². The molecule has 1 atom stereocenters. The Morgan fingerprint density at radius 1 is 1.21 bits per heavy atom. The first-order valence-corrected chi connectivity index (χ1v) is 9.03. The second kappa shape index (κ2) is 6.05. The number of halogens is 1. The lowest BCUT2D eigenvalue weighted by Crippen LogP contribution is -2.11. The van der Waals surface area contributed by atoms with Gasteiger partial charge in [-0.25, -0.2) is 4.98 Å². The molecule has 3 aromatic heterocycles. The van der Waals surface area contributed by atoms with Crippen LogP contribution in [0.3, 0.4) is 0 Å². The molecule has 120 valence electrons. The average Bonchev–Trinajstić information content (AvgIpc) is 3.26. The Morgan fingerprint density at radius 3 is 2.75 bits per heavy atom. The zero-order chi connectivity index (χ0) is 16.7. The van der Waals surface area contributed by atoms with Crippen LogP contribution >= 0.6 is 34.3 Å². The molecule has 1 N–H and O–H groups in total. The van der Waals surface area contributed by atoms with Crippen molar-refractivity contribution >= 4 is 50.3 Å². The molecule has 0 bridgehead atoms. The number of nitrogens with zero attached hydrogens (tertiary/aromatic N) is 1. The van der Waals surface area contributed by atoms with Crippen molar-refractivity contribution in [3.05, 3.63) is 64.0 Å². The Morgan fingerprint density at radius 2 is 2.08 bits per heavy atom. The zero-order valence-corrected chi connectivity index (χ0v) is 14.5. The molecule has 3 heterocycles. The number of hydrogen-bond donors (Lipinski definition) is 1. The van der Waals surface area contributed by atoms with E-state index in [0.29, 0.717) is 5.69 Å². The van der Waals surface area contributed by atoms with Gasteiger partial charge in [-0.2, -0.15) is 0 Å². The van der Waals surface area contributed by atoms with Crippen LogP contribution in [0.2, 0.25) is 4.34 Å². The predicted molar refractivity (Wildman–Crippen MR) is 96.1 cm³/mol. The topological polar surface area (TPSA) is 63.3 Å². The molecule has 0 aliphatic carbocycles. The third-order valence-electron chi connectivity index (χ3n) is 3.67. The number of aromatic nitrogens is 1. The second-order valence-corrected chi connectivity index (χ2v) is 8.02. The van der Waals surface area contributed by atoms with Gasteiger partial charge >= 0.3 is 5.97 Å². The number of thiophene rings is 2. The molecule has 4 aromatic rings. The van der Waals surface area contributed by atoms with Gasteiger partial charge in [-0.05, 0) is 41.3 Å². The maximum Gasteiger partial charge on any atom is 0.318 e. The van der Waals surface area contributed by atoms with E-state index in [1.807, 2.05) is 30.3 Å². The van der Waals surface area contributed by atoms with Crippen molar-refractivity contribution in [2.24, 2.45) is 0 Å². The lowest BCUT2D eigenvalue weighted by atomic mass is 10.0. The van der Waals surface area contributed by atoms with E-state index in [0.717, 1.165) is 29.7 Å². The number of fused-ring (bicyclic) bond motifs is 1. The number of benzene rings is 1. The quantitative estimate of drug-likeness (QED) is 0.512. The van der Waals surface area contributed by atoms with Crippen molar-refractivity contribution in [3.63, 3.8) is 0 Å². The number of hydrogen-bond acceptors (Lipinski definition) is 5. The molecule has 0 radical (unpaired) electrons. The third-order valence-corrected chi connectivity index (χ3v) is 6.13. The fourth-order valence-electron chi connectivity index (χ4n) is 2.59. The van der Waals surface area contributed by atoms with Crippen LogP contribution in [-0.4, -0.2) is 16.1 Å². The van der Waals surface area contributed by atoms with E-state index in [2.05, 4.69) is 11.1 Å². The van der Waals surface area contributed by atoms with Gasteiger partial charge in [-0.15, -0.1) is 22.7 Å². The van der Waals surface area contributed by atoms with Crippen molar-refractivity contribution in [1.82, 2.24) is 4.98 Å². The Hall–Kier alpha value is -2.15. The molecule has 24 heavy (non-hydrogen) atoms. The Balaban J connectivity index is 1.79. The van der Waals surface area contributed by atoms with Crippen molar-refractivity contribution in [2.45, 2.75) is 5.92 Å². The highest BCUT2D eigenvalue weighted by molar-refractivity contribution is 7.20. The fraction of sp³-hybridized carbons (Fsp3) is 0.0588. The van der Waals surface area contributed by atoms with Crippen molar-refractivity contribution < 1.29 is 14.3 Å². The van der Waals surface area contributed by atoms with Crippen LogP contribution in [0.5, 0.6) is 0 Å². The summed E-state index contributed by atoms with van der Waals surface area (Å²) in [6.07, 6.45) is 2.62. The average molecular weight is 376 g/mol. The van der Waals surface area contributed by atoms with Gasteiger partial charge in [0, 0.05) is 14.5 Å². The minimum absolute atomic E-state index is 0.402. The minimum atomic E-state index is -0.944. The SMILES string of the molecule is O=C(O)C(c1cocn1)c1cc2cc(-c3ccc(Cl)s3)ccc2s1. The van der Waals surface area contributed by atoms with Gasteiger partial charge in [-0.3, -0.25) is 4.79 Å². The summed E-state index contributed by atoms with van der Waals surface area (Å²) in [5.74, 6) is -1.76. The highest BCUT2D eigenvalue weighted by Gasteiger charge is 2.26. The number of aliphatic carboxylic acids is 1. The van der Waals surface area contributed by atoms with Crippen LogP contribution in [0.1, 0.15) is 16.5 Å². The molecular weight excluding hydrogens is 366 g/mol. The number of carboxylic acids is 1. The third kappa shape index (κ3) is 2.73. The molecule has 7 heteroatoms. The zero-order valence-electron chi connectivity index (χ0n) is 12.1. The van der Waals surface area contributed by atoms with Gasteiger partial charge in [-0.1, -0.05) is 17.7 Å². The van der Waals surface area contributed by atoms with Gasteiger partial charge in [0.15, 0.2) is 6.39 Å². The maximum atomic E-state index is 11.7. The first-order valence-electron chi connectivity index (χ1n) is 7.02. The number of rotatable bonds is 4. The molecule has 0 spiro atoms. The first kappa shape index (κ1) is 15.4. The molecule has 0 aliphatic rings. The second-order valence-electron chi connectivity index (χ2n) is 5.19. The van der Waals surface area contributed by atoms with Crippen LogP contribution in [0, 0.1) is 0 Å². The molecule has 0 amide bonds. The van der Waals surface area contributed by atoms with E-state index in [4.69, 9.17) is 16.0 Å². The van der Waals surface area contributed by atoms with Crippen LogP contribution in [0.25, 0.3) is 20.5 Å². The van der Waals surface area contributed by atoms with E-state index in [1.165, 1.54) is 35.3 Å². The Labute approximate surface area is 150 Å². The summed E-state index contributed by atoms with van der Waals surface area (Å²) in [5, 5.41) is 10.6. The molecule has 4 rings (SSSR count). The molecule has 1 unspecified atom stereocenters. The molecule has 1 aromatic carbocycles. The van der Waals surface area contributed by atoms with Crippen LogP contribution < -0.4 is 0 Å². The lowest BCUT2D eigenvalue weighted by Gasteiger charge is -2.05. The minimum Gasteiger partial charge on any atom is -0.480 e. The summed E-state index contributed by atoms with van der Waals surface area (Å²) in [6, 6.07) is 11.9. The normalized spacial score (nSPS) is 12.5. The van der Waals surface area contributed by atoms with Gasteiger partial charge in [0.05, 0.1) is 10.0 Å². The van der Waals surface area contributed by atoms with Crippen molar-refractivity contribution in [2.75, 3.05) is 0 Å². The number of oxazole rings is 1. The highest BCUT2D eigenvalue weighted by Crippen LogP contribution is 2.38. The largest absolute Gasteiger partial charge is 0.480 e. The molecule has 0 aliphatic heterocycles. The van der Waals surface area contributed by atoms with E-state index in [-0.39, 0.29) is 0 Å². The predicted octanol–water partition coefficient (Wildman–Crippen LogP) is 5.49. The van der Waals surface area contributed by atoms with Gasteiger partial charge in [0.2, 0.25) is 0 Å². The van der Waals surface area contributed by atoms with E-state index in [9.17, 15) is 9.90 Å². The molecular formula is C17H10ClNO3S2. The summed E-state index contributed by atoms with van der Waals surface area (Å²) in [4.78, 5) is 17.5. The summed E-state index contributed by atoms with van der Waals surface area (Å²) in [6.45, 7) is 0. The van der Waals surface area contributed by atoms with Crippen LogP contribution in [0.4, 0.5) is 0 Å². The molecule has 0 fully saturated rings. The van der Waals surface area contributed by atoms with E-state index >= 15 is 0 Å². The van der Waals surface area contributed by atoms with Crippen LogP contribution in [-0.2, 0) is 4.79 Å². The smallest absolute Gasteiger partial charge is 0.318 e. The number of carbonyl (C=O) groups is 1. The van der Waals surface area contributed by atoms with E-state index < -0.39 is 11.9 Å². The van der Waals surface area contributed by atoms with Gasteiger partial charge in [0.25, 0.3) is 0 Å². The Kier molecular flexibility index (Phi) is 3.88. The molecule has 0 saturated carbocycles. The van der Waals surface area contributed by atoms with Crippen molar-refractivity contribution in [1.29, 1.82) is 0 Å². The summed E-state index contributed by atoms with van der Waals surface area (Å²) in [7, 11) is 0. The number of carboxylic acid groups (broad SMARTS) is 1. The summed E-state index contributed by atoms with van der Waals surface area (Å²) >= 11 is 8.98. The Bertz CT molecular complexity index is 1020. The maximum absolute atomic E-state index is 11.7. The van der Waals surface area contributed by atoms with E-state index in [1.54, 1.807) is 0 Å². The lowest BCUT2D eigenvalue weighted by molar-refractivity contribution is -0.137. The van der Waals surface area contributed by atoms with Crippen molar-refractivity contribution in [3.8, 4) is 10.4 Å².